The quantitative estimate of drug-likeness (QED) is 0.265. The summed E-state index contributed by atoms with van der Waals surface area (Å²) >= 11 is 0. The smallest absolute Gasteiger partial charge is 0.118 e. The van der Waals surface area contributed by atoms with Gasteiger partial charge in [0.25, 0.3) is 0 Å². The normalized spacial score (nSPS) is 12.1. The van der Waals surface area contributed by atoms with Crippen molar-refractivity contribution in [2.75, 3.05) is 7.05 Å². The molecule has 3 aromatic rings. The number of nitrogens with zero attached hydrogens (tertiary/aromatic N) is 1. The molecule has 34 heavy (non-hydrogen) atoms. The predicted molar refractivity (Wildman–Crippen MR) is 148 cm³/mol. The van der Waals surface area contributed by atoms with Gasteiger partial charge in [-0.2, -0.15) is 0 Å². The van der Waals surface area contributed by atoms with E-state index in [-0.39, 0.29) is 0 Å². The lowest BCUT2D eigenvalue weighted by atomic mass is 9.93. The average Bonchev–Trinajstić information content (AvgIpc) is 2.89. The maximum absolute atomic E-state index is 4.50. The van der Waals surface area contributed by atoms with E-state index in [1.165, 1.54) is 16.7 Å². The molecule has 172 valence electrons. The van der Waals surface area contributed by atoms with Crippen LogP contribution < -0.4 is 5.32 Å². The summed E-state index contributed by atoms with van der Waals surface area (Å²) < 4.78 is 0. The third-order valence-corrected chi connectivity index (χ3v) is 6.02. The maximum atomic E-state index is 4.50. The Hall–Kier alpha value is -4.00. The lowest BCUT2D eigenvalue weighted by Crippen LogP contribution is -2.26. The van der Waals surface area contributed by atoms with Crippen molar-refractivity contribution in [3.8, 4) is 0 Å². The van der Waals surface area contributed by atoms with Gasteiger partial charge in [0.05, 0.1) is 0 Å². The number of hydrogen-bond donors (Lipinski definition) is 1. The van der Waals surface area contributed by atoms with Crippen LogP contribution in [0.25, 0.3) is 16.7 Å². The highest BCUT2D eigenvalue weighted by Gasteiger charge is 2.18. The molecule has 0 saturated carbocycles. The molecule has 1 N–H and O–H groups in total. The van der Waals surface area contributed by atoms with Gasteiger partial charge in [-0.15, -0.1) is 5.73 Å². The van der Waals surface area contributed by atoms with Crippen LogP contribution in [0.15, 0.2) is 122 Å². The molecular formula is C32H34N2. The van der Waals surface area contributed by atoms with Crippen molar-refractivity contribution in [1.29, 1.82) is 0 Å². The monoisotopic (exact) mass is 446 g/mol. The van der Waals surface area contributed by atoms with Crippen LogP contribution >= 0.6 is 0 Å². The van der Waals surface area contributed by atoms with E-state index in [0.29, 0.717) is 0 Å². The molecule has 0 saturated heterocycles. The molecule has 0 atom stereocenters. The summed E-state index contributed by atoms with van der Waals surface area (Å²) in [6.45, 7) is 14.7. The van der Waals surface area contributed by atoms with Gasteiger partial charge in [-0.1, -0.05) is 105 Å². The lowest BCUT2D eigenvalue weighted by molar-refractivity contribution is 0.531. The maximum Gasteiger partial charge on any atom is 0.118 e. The summed E-state index contributed by atoms with van der Waals surface area (Å²) in [5.41, 5.74) is 11.8. The number of rotatable bonds is 9. The first-order valence-electron chi connectivity index (χ1n) is 11.6. The first kappa shape index (κ1) is 24.6. The van der Waals surface area contributed by atoms with Crippen molar-refractivity contribution in [3.05, 3.63) is 144 Å². The average molecular weight is 447 g/mol. The van der Waals surface area contributed by atoms with Crippen molar-refractivity contribution in [1.82, 2.24) is 10.2 Å². The van der Waals surface area contributed by atoms with Gasteiger partial charge < -0.3 is 10.2 Å². The first-order chi connectivity index (χ1) is 16.5. The van der Waals surface area contributed by atoms with Crippen LogP contribution in [0.5, 0.6) is 0 Å². The largest absolute Gasteiger partial charge is 0.345 e. The fraction of sp³-hybridized carbons (Fsp3) is 0.156. The summed E-state index contributed by atoms with van der Waals surface area (Å²) in [7, 11) is 2.00. The molecule has 0 bridgehead atoms. The molecule has 3 rings (SSSR count). The molecule has 0 aliphatic rings. The highest BCUT2D eigenvalue weighted by Crippen LogP contribution is 2.33. The van der Waals surface area contributed by atoms with E-state index in [0.717, 1.165) is 40.2 Å². The molecule has 0 radical (unpaired) electrons. The molecule has 0 unspecified atom stereocenters. The van der Waals surface area contributed by atoms with Crippen molar-refractivity contribution < 1.29 is 0 Å². The molecular weight excluding hydrogens is 412 g/mol. The minimum absolute atomic E-state index is 0.915. The Morgan fingerprint density at radius 3 is 1.94 bits per heavy atom. The molecule has 0 spiro atoms. The first-order valence-corrected chi connectivity index (χ1v) is 11.6. The topological polar surface area (TPSA) is 15.3 Å². The van der Waals surface area contributed by atoms with Gasteiger partial charge in [-0.25, -0.2) is 0 Å². The predicted octanol–water partition coefficient (Wildman–Crippen LogP) is 7.90. The van der Waals surface area contributed by atoms with Crippen LogP contribution in [-0.4, -0.2) is 11.9 Å². The summed E-state index contributed by atoms with van der Waals surface area (Å²) in [5, 5.41) is 3.70. The van der Waals surface area contributed by atoms with E-state index >= 15 is 0 Å². The van der Waals surface area contributed by atoms with Gasteiger partial charge in [-0.3, -0.25) is 0 Å². The van der Waals surface area contributed by atoms with E-state index < -0.39 is 0 Å². The molecule has 0 fully saturated rings. The van der Waals surface area contributed by atoms with Crippen LogP contribution in [0.1, 0.15) is 43.0 Å². The van der Waals surface area contributed by atoms with Crippen LogP contribution in [0, 0.1) is 0 Å². The second-order valence-corrected chi connectivity index (χ2v) is 8.30. The van der Waals surface area contributed by atoms with Crippen LogP contribution in [0.3, 0.4) is 0 Å². The number of allylic oxidation sites excluding steroid dienone is 4. The fourth-order valence-corrected chi connectivity index (χ4v) is 3.85. The highest BCUT2D eigenvalue weighted by atomic mass is 15.2. The third-order valence-electron chi connectivity index (χ3n) is 6.02. The zero-order valence-electron chi connectivity index (χ0n) is 20.7. The number of aryl methyl sites for hydroxylation is 1. The van der Waals surface area contributed by atoms with Crippen LogP contribution in [0.4, 0.5) is 0 Å². The van der Waals surface area contributed by atoms with Gasteiger partial charge in [0.1, 0.15) is 5.82 Å². The zero-order chi connectivity index (χ0) is 24.5. The molecule has 2 heteroatoms. The SMILES string of the molecule is C=C=CN(C)/C(N/C(C)=C(\C)c1ccc(CC)cc1)=C(\C(=C)c1ccccc1)c1ccccc1. The van der Waals surface area contributed by atoms with Gasteiger partial charge in [-0.05, 0) is 53.7 Å². The minimum atomic E-state index is 0.915. The molecule has 0 aliphatic carbocycles. The van der Waals surface area contributed by atoms with Gasteiger partial charge in [0.2, 0.25) is 0 Å². The summed E-state index contributed by atoms with van der Waals surface area (Å²) in [6, 6.07) is 29.4. The van der Waals surface area contributed by atoms with Crippen molar-refractivity contribution in [2.24, 2.45) is 0 Å². The number of nitrogens with one attached hydrogen (secondary N) is 1. The molecule has 0 amide bonds. The van der Waals surface area contributed by atoms with Gasteiger partial charge in [0.15, 0.2) is 0 Å². The second-order valence-electron chi connectivity index (χ2n) is 8.30. The van der Waals surface area contributed by atoms with Gasteiger partial charge in [0, 0.05) is 24.5 Å². The Balaban J connectivity index is 2.18. The molecule has 2 nitrogen and oxygen atoms in total. The van der Waals surface area contributed by atoms with Crippen molar-refractivity contribution >= 4 is 16.7 Å². The summed E-state index contributed by atoms with van der Waals surface area (Å²) in [6.07, 6.45) is 2.87. The Bertz CT molecular complexity index is 1220. The highest BCUT2D eigenvalue weighted by molar-refractivity contribution is 6.05. The number of hydrogen-bond acceptors (Lipinski definition) is 2. The van der Waals surface area contributed by atoms with E-state index in [9.17, 15) is 0 Å². The van der Waals surface area contributed by atoms with Crippen molar-refractivity contribution in [2.45, 2.75) is 27.2 Å². The molecule has 0 aliphatic heterocycles. The van der Waals surface area contributed by atoms with Crippen molar-refractivity contribution in [3.63, 3.8) is 0 Å². The Kier molecular flexibility index (Phi) is 8.51. The standard InChI is InChI=1S/C32H34N2/c1-7-23-34(6)32(33-26(5)24(3)29-21-19-27(8-2)20-22-29)31(30-17-13-10-14-18-30)25(4)28-15-11-9-12-16-28/h9-23,33H,1,4,8H2,2-3,5-6H3/b26-24+,32-31+. The third kappa shape index (κ3) is 5.86. The Morgan fingerprint density at radius 2 is 1.41 bits per heavy atom. The lowest BCUT2D eigenvalue weighted by Gasteiger charge is -2.26. The molecule has 0 heterocycles. The van der Waals surface area contributed by atoms with E-state index in [2.05, 4.69) is 106 Å². The molecule has 3 aromatic carbocycles. The van der Waals surface area contributed by atoms with E-state index in [1.807, 2.05) is 42.4 Å². The summed E-state index contributed by atoms with van der Waals surface area (Å²) in [5.74, 6) is 0.915. The zero-order valence-corrected chi connectivity index (χ0v) is 20.7. The summed E-state index contributed by atoms with van der Waals surface area (Å²) in [4.78, 5) is 2.01. The van der Waals surface area contributed by atoms with Crippen LogP contribution in [0.2, 0.25) is 0 Å². The molecule has 0 aromatic heterocycles. The number of benzene rings is 3. The van der Waals surface area contributed by atoms with Crippen LogP contribution in [-0.2, 0) is 6.42 Å². The van der Waals surface area contributed by atoms with E-state index in [4.69, 9.17) is 0 Å². The Labute approximate surface area is 205 Å². The minimum Gasteiger partial charge on any atom is -0.345 e. The second kappa shape index (κ2) is 11.7. The van der Waals surface area contributed by atoms with E-state index in [1.54, 1.807) is 0 Å². The van der Waals surface area contributed by atoms with Gasteiger partial charge >= 0.3 is 0 Å². The fourth-order valence-electron chi connectivity index (χ4n) is 3.85. The Morgan fingerprint density at radius 1 is 0.853 bits per heavy atom.